The van der Waals surface area contributed by atoms with Crippen LogP contribution >= 0.6 is 0 Å². The van der Waals surface area contributed by atoms with Crippen molar-refractivity contribution < 1.29 is 0 Å². The van der Waals surface area contributed by atoms with Crippen molar-refractivity contribution in [2.24, 2.45) is 0 Å². The second-order valence-electron chi connectivity index (χ2n) is 11.5. The van der Waals surface area contributed by atoms with Crippen LogP contribution in [0.4, 0.5) is 0 Å². The van der Waals surface area contributed by atoms with Crippen LogP contribution < -0.4 is 0 Å². The van der Waals surface area contributed by atoms with Crippen molar-refractivity contribution in [2.45, 2.75) is 13.8 Å². The molecular weight excluding hydrogens is 504 g/mol. The summed E-state index contributed by atoms with van der Waals surface area (Å²) >= 11 is 0. The Hall–Kier alpha value is -5.20. The molecule has 0 N–H and O–H groups in total. The standard InChI is InChI=1S/C42H30/c1-27-11-9-17-31(23-27)39-25-37(29-13-5-3-6-14-29)33-20-22-36-40(32-18-10-12-28(2)24-32)26-38(30-15-7-4-8-16-30)34-19-21-35(39)41(33)42(34)36/h3-26H,1-2H3. The average Bonchev–Trinajstić information content (AvgIpc) is 3.04. The van der Waals surface area contributed by atoms with Crippen molar-refractivity contribution >= 4 is 32.3 Å². The molecule has 0 saturated heterocycles. The van der Waals surface area contributed by atoms with Crippen LogP contribution in [0, 0.1) is 13.8 Å². The molecule has 0 radical (unpaired) electrons. The minimum atomic E-state index is 1.24. The van der Waals surface area contributed by atoms with Gasteiger partial charge in [0.25, 0.3) is 0 Å². The van der Waals surface area contributed by atoms with Gasteiger partial charge < -0.3 is 0 Å². The van der Waals surface area contributed by atoms with Crippen LogP contribution in [0.15, 0.2) is 146 Å². The summed E-state index contributed by atoms with van der Waals surface area (Å²) in [6.45, 7) is 4.36. The Morgan fingerprint density at radius 2 is 0.619 bits per heavy atom. The molecule has 42 heavy (non-hydrogen) atoms. The fourth-order valence-corrected chi connectivity index (χ4v) is 6.81. The quantitative estimate of drug-likeness (QED) is 0.197. The van der Waals surface area contributed by atoms with Crippen molar-refractivity contribution in [1.29, 1.82) is 0 Å². The zero-order chi connectivity index (χ0) is 28.2. The topological polar surface area (TPSA) is 0 Å². The maximum absolute atomic E-state index is 2.41. The first-order valence-electron chi connectivity index (χ1n) is 14.7. The molecule has 8 rings (SSSR count). The number of rotatable bonds is 4. The summed E-state index contributed by atoms with van der Waals surface area (Å²) in [7, 11) is 0. The van der Waals surface area contributed by atoms with Crippen LogP contribution in [0.2, 0.25) is 0 Å². The summed E-state index contributed by atoms with van der Waals surface area (Å²) in [6, 6.07) is 53.8. The molecular formula is C42H30. The molecule has 0 bridgehead atoms. The largest absolute Gasteiger partial charge is 0.0622 e. The normalized spacial score (nSPS) is 11.6. The van der Waals surface area contributed by atoms with Crippen molar-refractivity contribution in [3.8, 4) is 44.5 Å². The maximum atomic E-state index is 2.41. The molecule has 0 fully saturated rings. The summed E-state index contributed by atoms with van der Waals surface area (Å²) < 4.78 is 0. The third kappa shape index (κ3) is 3.91. The number of hydrogen-bond donors (Lipinski definition) is 0. The van der Waals surface area contributed by atoms with Gasteiger partial charge in [-0.15, -0.1) is 0 Å². The molecule has 0 aliphatic rings. The van der Waals surface area contributed by atoms with E-state index in [1.165, 1.54) is 88.0 Å². The van der Waals surface area contributed by atoms with Gasteiger partial charge in [0.1, 0.15) is 0 Å². The highest BCUT2D eigenvalue weighted by atomic mass is 14.2. The zero-order valence-electron chi connectivity index (χ0n) is 23.9. The third-order valence-corrected chi connectivity index (χ3v) is 8.73. The van der Waals surface area contributed by atoms with Gasteiger partial charge in [0.05, 0.1) is 0 Å². The van der Waals surface area contributed by atoms with Crippen LogP contribution in [0.1, 0.15) is 11.1 Å². The molecule has 8 aromatic carbocycles. The Labute approximate surface area is 246 Å². The van der Waals surface area contributed by atoms with Gasteiger partial charge >= 0.3 is 0 Å². The van der Waals surface area contributed by atoms with E-state index in [0.29, 0.717) is 0 Å². The Balaban J connectivity index is 1.59. The molecule has 0 amide bonds. The Morgan fingerprint density at radius 1 is 0.286 bits per heavy atom. The van der Waals surface area contributed by atoms with Crippen LogP contribution in [0.3, 0.4) is 0 Å². The minimum Gasteiger partial charge on any atom is -0.0622 e. The van der Waals surface area contributed by atoms with E-state index in [1.54, 1.807) is 0 Å². The van der Waals surface area contributed by atoms with Gasteiger partial charge in [0.2, 0.25) is 0 Å². The highest BCUT2D eigenvalue weighted by Gasteiger charge is 2.20. The zero-order valence-corrected chi connectivity index (χ0v) is 23.9. The lowest BCUT2D eigenvalue weighted by Gasteiger charge is -2.21. The summed E-state index contributed by atoms with van der Waals surface area (Å²) in [5.74, 6) is 0. The van der Waals surface area contributed by atoms with Crippen molar-refractivity contribution in [3.63, 3.8) is 0 Å². The lowest BCUT2D eigenvalue weighted by Crippen LogP contribution is -1.94. The van der Waals surface area contributed by atoms with Crippen molar-refractivity contribution in [2.75, 3.05) is 0 Å². The van der Waals surface area contributed by atoms with Gasteiger partial charge in [0.15, 0.2) is 0 Å². The van der Waals surface area contributed by atoms with Gasteiger partial charge in [-0.25, -0.2) is 0 Å². The molecule has 0 atom stereocenters. The molecule has 0 unspecified atom stereocenters. The second-order valence-corrected chi connectivity index (χ2v) is 11.5. The molecule has 0 aliphatic carbocycles. The molecule has 0 saturated carbocycles. The minimum absolute atomic E-state index is 1.24. The van der Waals surface area contributed by atoms with Gasteiger partial charge in [-0.3, -0.25) is 0 Å². The molecule has 198 valence electrons. The lowest BCUT2D eigenvalue weighted by atomic mass is 9.82. The van der Waals surface area contributed by atoms with Gasteiger partial charge in [-0.05, 0) is 103 Å². The summed E-state index contributed by atoms with van der Waals surface area (Å²) in [4.78, 5) is 0. The maximum Gasteiger partial charge on any atom is -0.00139 e. The molecule has 8 aromatic rings. The van der Waals surface area contributed by atoms with Crippen molar-refractivity contribution in [3.05, 3.63) is 157 Å². The predicted molar refractivity (Wildman–Crippen MR) is 181 cm³/mol. The summed E-state index contributed by atoms with van der Waals surface area (Å²) in [5, 5.41) is 7.88. The van der Waals surface area contributed by atoms with E-state index in [1.807, 2.05) is 0 Å². The van der Waals surface area contributed by atoms with Crippen LogP contribution in [-0.2, 0) is 0 Å². The van der Waals surface area contributed by atoms with Gasteiger partial charge in [-0.2, -0.15) is 0 Å². The fraction of sp³-hybridized carbons (Fsp3) is 0.0476. The first kappa shape index (κ1) is 24.6. The molecule has 0 aromatic heterocycles. The average molecular weight is 535 g/mol. The first-order valence-corrected chi connectivity index (χ1v) is 14.7. The Kier molecular flexibility index (Phi) is 5.69. The van der Waals surface area contributed by atoms with E-state index >= 15 is 0 Å². The number of hydrogen-bond acceptors (Lipinski definition) is 0. The van der Waals surface area contributed by atoms with Gasteiger partial charge in [0, 0.05) is 0 Å². The monoisotopic (exact) mass is 534 g/mol. The smallest absolute Gasteiger partial charge is 0.00139 e. The Bertz CT molecular complexity index is 2080. The number of benzene rings is 8. The van der Waals surface area contributed by atoms with Crippen LogP contribution in [-0.4, -0.2) is 0 Å². The fourth-order valence-electron chi connectivity index (χ4n) is 6.81. The van der Waals surface area contributed by atoms with Gasteiger partial charge in [-0.1, -0.05) is 145 Å². The van der Waals surface area contributed by atoms with E-state index in [0.717, 1.165) is 0 Å². The van der Waals surface area contributed by atoms with Crippen LogP contribution in [0.25, 0.3) is 76.8 Å². The van der Waals surface area contributed by atoms with E-state index in [4.69, 9.17) is 0 Å². The van der Waals surface area contributed by atoms with E-state index in [-0.39, 0.29) is 0 Å². The number of aryl methyl sites for hydroxylation is 2. The summed E-state index contributed by atoms with van der Waals surface area (Å²) in [6.07, 6.45) is 0. The molecule has 0 heterocycles. The Morgan fingerprint density at radius 3 is 0.976 bits per heavy atom. The predicted octanol–water partition coefficient (Wildman–Crippen LogP) is 11.9. The molecule has 0 aliphatic heterocycles. The first-order chi connectivity index (χ1) is 20.7. The van der Waals surface area contributed by atoms with Crippen molar-refractivity contribution in [1.82, 2.24) is 0 Å². The van der Waals surface area contributed by atoms with E-state index in [9.17, 15) is 0 Å². The summed E-state index contributed by atoms with van der Waals surface area (Å²) in [5.41, 5.74) is 12.6. The highest BCUT2D eigenvalue weighted by Crippen LogP contribution is 2.48. The van der Waals surface area contributed by atoms with E-state index < -0.39 is 0 Å². The second kappa shape index (κ2) is 9.72. The van der Waals surface area contributed by atoms with E-state index in [2.05, 4.69) is 159 Å². The molecule has 0 nitrogen and oxygen atoms in total. The molecule has 0 heteroatoms. The molecule has 0 spiro atoms. The highest BCUT2D eigenvalue weighted by molar-refractivity contribution is 6.31. The third-order valence-electron chi connectivity index (χ3n) is 8.73. The lowest BCUT2D eigenvalue weighted by molar-refractivity contribution is 1.47. The van der Waals surface area contributed by atoms with Crippen LogP contribution in [0.5, 0.6) is 0 Å². The SMILES string of the molecule is Cc1cccc(-c2cc(-c3ccccc3)c3ccc4c(-c5cccc(C)c5)cc(-c5ccccc5)c5ccc2c3c54)c1.